The molecule has 1 aromatic carbocycles. The third kappa shape index (κ3) is 5.68. The molecule has 1 atom stereocenters. The van der Waals surface area contributed by atoms with Crippen LogP contribution in [0, 0.1) is 5.92 Å². The summed E-state index contributed by atoms with van der Waals surface area (Å²) < 4.78 is 54.7. The average Bonchev–Trinajstić information content (AvgIpc) is 2.75. The maximum atomic E-state index is 16.0. The molecule has 2 rings (SSSR count). The second-order valence-corrected chi connectivity index (χ2v) is 7.15. The summed E-state index contributed by atoms with van der Waals surface area (Å²) in [5.74, 6) is -13.5. The molecule has 33 heavy (non-hydrogen) atoms. The van der Waals surface area contributed by atoms with Crippen LogP contribution in [0.5, 0.6) is 0 Å². The number of Topliss-reactive ketones (excluding diaryl/α,β-unsaturated/α-hetero) is 1. The smallest absolute Gasteiger partial charge is 0.328 e. The van der Waals surface area contributed by atoms with Crippen LogP contribution >= 0.6 is 0 Å². The highest BCUT2D eigenvalue weighted by molar-refractivity contribution is 6.21. The van der Waals surface area contributed by atoms with Crippen molar-refractivity contribution >= 4 is 23.6 Å². The number of carbonyl (C=O) groups is 4. The SMILES string of the molecule is CCOC(=O)C(C(=O)OCC)C(=O)C1=C(F)C=C(F)C(F)(N(Cc2ccccc2)C(C)=O)C1. The van der Waals surface area contributed by atoms with Gasteiger partial charge in [0.05, 0.1) is 13.2 Å². The molecule has 0 bridgehead atoms. The Bertz CT molecular complexity index is 973. The summed E-state index contributed by atoms with van der Waals surface area (Å²) in [6, 6.07) is 8.09. The van der Waals surface area contributed by atoms with Crippen molar-refractivity contribution in [2.75, 3.05) is 13.2 Å². The van der Waals surface area contributed by atoms with Crippen molar-refractivity contribution in [3.05, 3.63) is 59.2 Å². The van der Waals surface area contributed by atoms with Crippen molar-refractivity contribution < 1.29 is 41.8 Å². The highest BCUT2D eigenvalue weighted by Gasteiger charge is 2.50. The Morgan fingerprint density at radius 2 is 1.58 bits per heavy atom. The molecular formula is C23H24F3NO6. The van der Waals surface area contributed by atoms with E-state index in [1.54, 1.807) is 30.3 Å². The molecule has 0 saturated heterocycles. The quantitative estimate of drug-likeness (QED) is 0.314. The summed E-state index contributed by atoms with van der Waals surface area (Å²) in [6.07, 6.45) is -1.12. The standard InChI is InChI=1S/C23H24F3NO6/c1-4-32-21(30)19(22(31)33-5-2)20(29)16-12-23(26,18(25)11-17(16)24)27(14(3)28)13-15-9-7-6-8-10-15/h6-11,19H,4-5,12-13H2,1-3H3. The number of benzene rings is 1. The number of carbonyl (C=O) groups excluding carboxylic acids is 4. The van der Waals surface area contributed by atoms with Crippen LogP contribution in [0.1, 0.15) is 32.8 Å². The second-order valence-electron chi connectivity index (χ2n) is 7.15. The van der Waals surface area contributed by atoms with Crippen LogP contribution < -0.4 is 0 Å². The number of amides is 1. The van der Waals surface area contributed by atoms with Gasteiger partial charge in [-0.1, -0.05) is 30.3 Å². The second kappa shape index (κ2) is 10.9. The van der Waals surface area contributed by atoms with Crippen LogP contribution in [0.15, 0.2) is 53.6 Å². The summed E-state index contributed by atoms with van der Waals surface area (Å²) in [5.41, 5.74) is -0.513. The number of hydrogen-bond donors (Lipinski definition) is 0. The van der Waals surface area contributed by atoms with Crippen LogP contribution in [0.4, 0.5) is 13.2 Å². The lowest BCUT2D eigenvalue weighted by molar-refractivity contribution is -0.164. The Morgan fingerprint density at radius 1 is 1.03 bits per heavy atom. The largest absolute Gasteiger partial charge is 0.465 e. The first-order chi connectivity index (χ1) is 15.6. The molecule has 0 aromatic heterocycles. The first kappa shape index (κ1) is 25.8. The van der Waals surface area contributed by atoms with Crippen LogP contribution in [0.3, 0.4) is 0 Å². The van der Waals surface area contributed by atoms with Crippen molar-refractivity contribution in [1.29, 1.82) is 0 Å². The molecule has 1 amide bonds. The highest BCUT2D eigenvalue weighted by atomic mass is 19.2. The number of esters is 2. The van der Waals surface area contributed by atoms with E-state index in [1.807, 2.05) is 0 Å². The van der Waals surface area contributed by atoms with Crippen LogP contribution in [0.2, 0.25) is 0 Å². The summed E-state index contributed by atoms with van der Waals surface area (Å²) >= 11 is 0. The van der Waals surface area contributed by atoms with Gasteiger partial charge in [-0.2, -0.15) is 0 Å². The number of nitrogens with zero attached hydrogens (tertiary/aromatic N) is 1. The van der Waals surface area contributed by atoms with Gasteiger partial charge in [0.2, 0.25) is 17.6 Å². The zero-order chi connectivity index (χ0) is 24.8. The predicted molar refractivity (Wildman–Crippen MR) is 110 cm³/mol. The molecule has 0 fully saturated rings. The summed E-state index contributed by atoms with van der Waals surface area (Å²) in [6.45, 7) is 3.07. The molecule has 0 saturated carbocycles. The molecule has 10 heteroatoms. The molecule has 1 aliphatic carbocycles. The van der Waals surface area contributed by atoms with Gasteiger partial charge in [-0.15, -0.1) is 0 Å². The van der Waals surface area contributed by atoms with Crippen LogP contribution in [0.25, 0.3) is 0 Å². The van der Waals surface area contributed by atoms with Crippen molar-refractivity contribution in [2.24, 2.45) is 5.92 Å². The van der Waals surface area contributed by atoms with E-state index in [4.69, 9.17) is 9.47 Å². The molecule has 0 heterocycles. The van der Waals surface area contributed by atoms with Crippen molar-refractivity contribution in [3.8, 4) is 0 Å². The topological polar surface area (TPSA) is 90.0 Å². The minimum absolute atomic E-state index is 0.130. The van der Waals surface area contributed by atoms with E-state index in [0.717, 1.165) is 6.92 Å². The maximum Gasteiger partial charge on any atom is 0.328 e. The Hall–Kier alpha value is -3.43. The number of halogens is 3. The van der Waals surface area contributed by atoms with Gasteiger partial charge in [-0.05, 0) is 19.4 Å². The number of ether oxygens (including phenoxy) is 2. The lowest BCUT2D eigenvalue weighted by Crippen LogP contribution is -2.50. The van der Waals surface area contributed by atoms with Gasteiger partial charge in [0.15, 0.2) is 11.6 Å². The lowest BCUT2D eigenvalue weighted by atomic mass is 9.87. The third-order valence-electron chi connectivity index (χ3n) is 4.91. The molecule has 7 nitrogen and oxygen atoms in total. The molecule has 1 aliphatic rings. The zero-order valence-corrected chi connectivity index (χ0v) is 18.4. The molecule has 1 unspecified atom stereocenters. The summed E-state index contributed by atoms with van der Waals surface area (Å²) in [5, 5.41) is 0. The normalized spacial score (nSPS) is 18.0. The van der Waals surface area contributed by atoms with E-state index in [9.17, 15) is 28.0 Å². The summed E-state index contributed by atoms with van der Waals surface area (Å²) in [4.78, 5) is 50.1. The van der Waals surface area contributed by atoms with Gasteiger partial charge in [-0.3, -0.25) is 24.1 Å². The van der Waals surface area contributed by atoms with E-state index >= 15 is 4.39 Å². The van der Waals surface area contributed by atoms with Gasteiger partial charge in [0.25, 0.3) is 0 Å². The zero-order valence-electron chi connectivity index (χ0n) is 18.4. The fourth-order valence-electron chi connectivity index (χ4n) is 3.33. The van der Waals surface area contributed by atoms with Gasteiger partial charge in [0.1, 0.15) is 5.83 Å². The Morgan fingerprint density at radius 3 is 2.06 bits per heavy atom. The summed E-state index contributed by atoms with van der Waals surface area (Å²) in [7, 11) is 0. The van der Waals surface area contributed by atoms with Crippen LogP contribution in [-0.4, -0.2) is 47.5 Å². The minimum Gasteiger partial charge on any atom is -0.465 e. The molecule has 178 valence electrons. The number of ketones is 1. The van der Waals surface area contributed by atoms with E-state index in [0.29, 0.717) is 10.5 Å². The minimum atomic E-state index is -3.23. The average molecular weight is 467 g/mol. The molecule has 0 N–H and O–H groups in total. The predicted octanol–water partition coefficient (Wildman–Crippen LogP) is 3.49. The van der Waals surface area contributed by atoms with E-state index < -0.39 is 59.0 Å². The first-order valence-electron chi connectivity index (χ1n) is 10.2. The van der Waals surface area contributed by atoms with Gasteiger partial charge in [0, 0.05) is 31.5 Å². The van der Waals surface area contributed by atoms with Crippen molar-refractivity contribution in [1.82, 2.24) is 4.90 Å². The monoisotopic (exact) mass is 467 g/mol. The highest BCUT2D eigenvalue weighted by Crippen LogP contribution is 2.42. The molecule has 1 aromatic rings. The number of allylic oxidation sites excluding steroid dienone is 2. The first-order valence-corrected chi connectivity index (χ1v) is 10.2. The lowest BCUT2D eigenvalue weighted by Gasteiger charge is -2.38. The fourth-order valence-corrected chi connectivity index (χ4v) is 3.33. The maximum absolute atomic E-state index is 16.0. The molecule has 0 aliphatic heterocycles. The van der Waals surface area contributed by atoms with Gasteiger partial charge < -0.3 is 9.47 Å². The van der Waals surface area contributed by atoms with Crippen molar-refractivity contribution in [2.45, 2.75) is 39.5 Å². The Labute approximate surface area is 188 Å². The van der Waals surface area contributed by atoms with E-state index in [-0.39, 0.29) is 25.8 Å². The van der Waals surface area contributed by atoms with Gasteiger partial charge >= 0.3 is 11.9 Å². The Balaban J connectivity index is 2.47. The molecule has 0 spiro atoms. The van der Waals surface area contributed by atoms with E-state index in [2.05, 4.69) is 0 Å². The third-order valence-corrected chi connectivity index (χ3v) is 4.91. The van der Waals surface area contributed by atoms with E-state index in [1.165, 1.54) is 13.8 Å². The molecular weight excluding hydrogens is 443 g/mol. The molecule has 0 radical (unpaired) electrons. The van der Waals surface area contributed by atoms with Crippen LogP contribution in [-0.2, 0) is 35.2 Å². The Kier molecular flexibility index (Phi) is 8.56. The number of alkyl halides is 1. The van der Waals surface area contributed by atoms with Gasteiger partial charge in [-0.25, -0.2) is 13.2 Å². The number of rotatable bonds is 9. The van der Waals surface area contributed by atoms with Crippen molar-refractivity contribution in [3.63, 3.8) is 0 Å². The fraction of sp³-hybridized carbons (Fsp3) is 0.391. The number of hydrogen-bond acceptors (Lipinski definition) is 6.